The molecule has 0 fully saturated rings. The van der Waals surface area contributed by atoms with E-state index in [-0.39, 0.29) is 12.4 Å². The normalized spacial score (nSPS) is 11.6. The van der Waals surface area contributed by atoms with Gasteiger partial charge >= 0.3 is 0 Å². The van der Waals surface area contributed by atoms with Crippen molar-refractivity contribution < 1.29 is 18.7 Å². The Morgan fingerprint density at radius 1 is 1.22 bits per heavy atom. The molecule has 0 bridgehead atoms. The molecule has 0 saturated carbocycles. The highest BCUT2D eigenvalue weighted by Gasteiger charge is 2.18. The molecule has 0 aliphatic heterocycles. The zero-order valence-electron chi connectivity index (χ0n) is 12.6. The standard InChI is InChI=1S/C17H17FN2O3/c1-11(16(19)21)17(22)20-14-5-7-15(8-6-14)23-10-12-3-2-4-13(18)9-12/h2-9,11H,10H2,1H3,(H2,19,21)(H,20,22). The van der Waals surface area contributed by atoms with Gasteiger partial charge in [-0.1, -0.05) is 12.1 Å². The number of nitrogens with two attached hydrogens (primary N) is 1. The second-order valence-electron chi connectivity index (χ2n) is 5.06. The van der Waals surface area contributed by atoms with E-state index in [1.54, 1.807) is 36.4 Å². The lowest BCUT2D eigenvalue weighted by Crippen LogP contribution is -2.32. The molecule has 6 heteroatoms. The molecule has 0 aliphatic carbocycles. The minimum Gasteiger partial charge on any atom is -0.489 e. The third kappa shape index (κ3) is 4.81. The van der Waals surface area contributed by atoms with Crippen molar-refractivity contribution in [1.82, 2.24) is 0 Å². The highest BCUT2D eigenvalue weighted by atomic mass is 19.1. The zero-order chi connectivity index (χ0) is 16.8. The van der Waals surface area contributed by atoms with Crippen molar-refractivity contribution >= 4 is 17.5 Å². The summed E-state index contributed by atoms with van der Waals surface area (Å²) in [4.78, 5) is 22.6. The Hall–Kier alpha value is -2.89. The maximum atomic E-state index is 13.1. The fourth-order valence-corrected chi connectivity index (χ4v) is 1.81. The number of hydrogen-bond donors (Lipinski definition) is 2. The van der Waals surface area contributed by atoms with E-state index in [0.29, 0.717) is 11.4 Å². The Kier molecular flexibility index (Phi) is 5.30. The molecule has 1 atom stereocenters. The Morgan fingerprint density at radius 2 is 1.91 bits per heavy atom. The summed E-state index contributed by atoms with van der Waals surface area (Å²) in [7, 11) is 0. The molecule has 0 aliphatic rings. The highest BCUT2D eigenvalue weighted by molar-refractivity contribution is 6.05. The van der Waals surface area contributed by atoms with Gasteiger partial charge in [-0.25, -0.2) is 4.39 Å². The predicted molar refractivity (Wildman–Crippen MR) is 84.2 cm³/mol. The fourth-order valence-electron chi connectivity index (χ4n) is 1.81. The van der Waals surface area contributed by atoms with Crippen LogP contribution in [0.5, 0.6) is 5.75 Å². The number of rotatable bonds is 6. The number of halogens is 1. The van der Waals surface area contributed by atoms with Gasteiger partial charge in [0.15, 0.2) is 0 Å². The van der Waals surface area contributed by atoms with E-state index in [9.17, 15) is 14.0 Å². The Labute approximate surface area is 133 Å². The zero-order valence-corrected chi connectivity index (χ0v) is 12.6. The molecule has 2 aromatic carbocycles. The Morgan fingerprint density at radius 3 is 2.52 bits per heavy atom. The molecule has 23 heavy (non-hydrogen) atoms. The van der Waals surface area contributed by atoms with Crippen LogP contribution in [-0.4, -0.2) is 11.8 Å². The van der Waals surface area contributed by atoms with Gasteiger partial charge in [-0.3, -0.25) is 9.59 Å². The van der Waals surface area contributed by atoms with Gasteiger partial charge in [0.25, 0.3) is 0 Å². The fraction of sp³-hybridized carbons (Fsp3) is 0.176. The first-order chi connectivity index (χ1) is 11.0. The van der Waals surface area contributed by atoms with E-state index < -0.39 is 17.7 Å². The molecule has 0 spiro atoms. The topological polar surface area (TPSA) is 81.4 Å². The van der Waals surface area contributed by atoms with Crippen molar-refractivity contribution in [3.8, 4) is 5.75 Å². The minimum absolute atomic E-state index is 0.238. The molecule has 1 unspecified atom stereocenters. The number of primary amides is 1. The van der Waals surface area contributed by atoms with Crippen molar-refractivity contribution in [3.63, 3.8) is 0 Å². The quantitative estimate of drug-likeness (QED) is 0.803. The van der Waals surface area contributed by atoms with Crippen LogP contribution in [0.2, 0.25) is 0 Å². The molecule has 0 radical (unpaired) electrons. The Bertz CT molecular complexity index is 701. The van der Waals surface area contributed by atoms with Crippen LogP contribution in [0.1, 0.15) is 12.5 Å². The van der Waals surface area contributed by atoms with Crippen LogP contribution < -0.4 is 15.8 Å². The second kappa shape index (κ2) is 7.40. The molecule has 3 N–H and O–H groups in total. The molecule has 2 amide bonds. The van der Waals surface area contributed by atoms with E-state index >= 15 is 0 Å². The van der Waals surface area contributed by atoms with Crippen LogP contribution in [0.15, 0.2) is 48.5 Å². The smallest absolute Gasteiger partial charge is 0.236 e. The first-order valence-electron chi connectivity index (χ1n) is 7.03. The average Bonchev–Trinajstić information content (AvgIpc) is 2.53. The van der Waals surface area contributed by atoms with Crippen LogP contribution in [0, 0.1) is 11.7 Å². The maximum absolute atomic E-state index is 13.1. The first kappa shape index (κ1) is 16.5. The van der Waals surface area contributed by atoms with Crippen molar-refractivity contribution in [3.05, 3.63) is 59.9 Å². The second-order valence-corrected chi connectivity index (χ2v) is 5.06. The lowest BCUT2D eigenvalue weighted by atomic mass is 10.1. The molecule has 120 valence electrons. The van der Waals surface area contributed by atoms with Crippen molar-refractivity contribution in [2.45, 2.75) is 13.5 Å². The molecule has 0 saturated heterocycles. The number of ether oxygens (including phenoxy) is 1. The summed E-state index contributed by atoms with van der Waals surface area (Å²) in [5.41, 5.74) is 6.32. The number of hydrogen-bond acceptors (Lipinski definition) is 3. The first-order valence-corrected chi connectivity index (χ1v) is 7.03. The highest BCUT2D eigenvalue weighted by Crippen LogP contribution is 2.18. The van der Waals surface area contributed by atoms with Crippen molar-refractivity contribution in [2.75, 3.05) is 5.32 Å². The number of anilines is 1. The van der Waals surface area contributed by atoms with Crippen LogP contribution in [0.25, 0.3) is 0 Å². The van der Waals surface area contributed by atoms with E-state index in [1.165, 1.54) is 19.1 Å². The van der Waals surface area contributed by atoms with Gasteiger partial charge in [0.05, 0.1) is 0 Å². The van der Waals surface area contributed by atoms with Crippen molar-refractivity contribution in [2.24, 2.45) is 11.7 Å². The van der Waals surface area contributed by atoms with Gasteiger partial charge < -0.3 is 15.8 Å². The summed E-state index contributed by atoms with van der Waals surface area (Å²) in [5, 5.41) is 2.59. The number of carbonyl (C=O) groups excluding carboxylic acids is 2. The van der Waals surface area contributed by atoms with Gasteiger partial charge in [0.1, 0.15) is 24.1 Å². The monoisotopic (exact) mass is 316 g/mol. The number of benzene rings is 2. The lowest BCUT2D eigenvalue weighted by Gasteiger charge is -2.10. The van der Waals surface area contributed by atoms with E-state index in [4.69, 9.17) is 10.5 Å². The third-order valence-corrected chi connectivity index (χ3v) is 3.24. The average molecular weight is 316 g/mol. The molecule has 2 aromatic rings. The van der Waals surface area contributed by atoms with Gasteiger partial charge in [0.2, 0.25) is 11.8 Å². The number of amides is 2. The SMILES string of the molecule is CC(C(N)=O)C(=O)Nc1ccc(OCc2cccc(F)c2)cc1. The van der Waals surface area contributed by atoms with Gasteiger partial charge in [0, 0.05) is 5.69 Å². The van der Waals surface area contributed by atoms with E-state index in [2.05, 4.69) is 5.32 Å². The van der Waals surface area contributed by atoms with Gasteiger partial charge in [-0.2, -0.15) is 0 Å². The summed E-state index contributed by atoms with van der Waals surface area (Å²) in [6, 6.07) is 12.8. The van der Waals surface area contributed by atoms with Crippen LogP contribution >= 0.6 is 0 Å². The molecule has 0 heterocycles. The van der Waals surface area contributed by atoms with Crippen molar-refractivity contribution in [1.29, 1.82) is 0 Å². The molecular formula is C17H17FN2O3. The Balaban J connectivity index is 1.92. The summed E-state index contributed by atoms with van der Waals surface area (Å²) >= 11 is 0. The summed E-state index contributed by atoms with van der Waals surface area (Å²) in [5.74, 6) is -1.79. The summed E-state index contributed by atoms with van der Waals surface area (Å²) in [6.45, 7) is 1.68. The predicted octanol–water partition coefficient (Wildman–Crippen LogP) is 2.46. The molecule has 2 rings (SSSR count). The van der Waals surface area contributed by atoms with Crippen LogP contribution in [0.3, 0.4) is 0 Å². The van der Waals surface area contributed by atoms with Gasteiger partial charge in [-0.15, -0.1) is 0 Å². The minimum atomic E-state index is -0.904. The third-order valence-electron chi connectivity index (χ3n) is 3.24. The summed E-state index contributed by atoms with van der Waals surface area (Å²) in [6.07, 6.45) is 0. The largest absolute Gasteiger partial charge is 0.489 e. The van der Waals surface area contributed by atoms with Crippen LogP contribution in [-0.2, 0) is 16.2 Å². The number of carbonyl (C=O) groups is 2. The van der Waals surface area contributed by atoms with E-state index in [1.807, 2.05) is 0 Å². The summed E-state index contributed by atoms with van der Waals surface area (Å²) < 4.78 is 18.6. The molecule has 5 nitrogen and oxygen atoms in total. The molecular weight excluding hydrogens is 299 g/mol. The van der Waals surface area contributed by atoms with Crippen LogP contribution in [0.4, 0.5) is 10.1 Å². The van der Waals surface area contributed by atoms with E-state index in [0.717, 1.165) is 5.56 Å². The maximum Gasteiger partial charge on any atom is 0.236 e. The lowest BCUT2D eigenvalue weighted by molar-refractivity contribution is -0.129. The molecule has 0 aromatic heterocycles. The number of nitrogens with one attached hydrogen (secondary N) is 1. The van der Waals surface area contributed by atoms with Gasteiger partial charge in [-0.05, 0) is 48.9 Å².